The molecule has 1 aromatic rings. The molecule has 94 valence electrons. The molecule has 0 spiro atoms. The molecule has 17 heavy (non-hydrogen) atoms. The van der Waals surface area contributed by atoms with Crippen LogP contribution in [0.3, 0.4) is 0 Å². The lowest BCUT2D eigenvalue weighted by Gasteiger charge is -2.35. The molecule has 5 heteroatoms. The first-order chi connectivity index (χ1) is 8.06. The Labute approximate surface area is 103 Å². The highest BCUT2D eigenvalue weighted by Crippen LogP contribution is 2.27. The fourth-order valence-corrected chi connectivity index (χ4v) is 2.18. The van der Waals surface area contributed by atoms with Crippen LogP contribution >= 0.6 is 0 Å². The van der Waals surface area contributed by atoms with Crippen LogP contribution in [0.4, 0.5) is 11.8 Å². The van der Waals surface area contributed by atoms with Crippen LogP contribution in [-0.2, 0) is 0 Å². The summed E-state index contributed by atoms with van der Waals surface area (Å²) in [5.74, 6) is 2.44. The van der Waals surface area contributed by atoms with E-state index in [2.05, 4.69) is 21.9 Å². The normalized spacial score (nSPS) is 23.1. The van der Waals surface area contributed by atoms with Crippen molar-refractivity contribution in [1.29, 1.82) is 0 Å². The van der Waals surface area contributed by atoms with Gasteiger partial charge in [0.2, 0.25) is 5.95 Å². The first kappa shape index (κ1) is 12.1. The van der Waals surface area contributed by atoms with Crippen LogP contribution < -0.4 is 15.5 Å². The van der Waals surface area contributed by atoms with E-state index >= 15 is 0 Å². The van der Waals surface area contributed by atoms with E-state index in [0.717, 1.165) is 31.2 Å². The zero-order valence-corrected chi connectivity index (χ0v) is 10.8. The van der Waals surface area contributed by atoms with E-state index in [0.29, 0.717) is 12.0 Å². The second kappa shape index (κ2) is 4.87. The zero-order chi connectivity index (χ0) is 12.4. The minimum absolute atomic E-state index is 0.413. The van der Waals surface area contributed by atoms with Crippen LogP contribution in [0.5, 0.6) is 0 Å². The Hall–Kier alpha value is -1.36. The van der Waals surface area contributed by atoms with Crippen LogP contribution in [-0.4, -0.2) is 43.7 Å². The van der Waals surface area contributed by atoms with Gasteiger partial charge in [0.05, 0.1) is 0 Å². The summed E-state index contributed by atoms with van der Waals surface area (Å²) in [6.45, 7) is 1.03. The van der Waals surface area contributed by atoms with Crippen molar-refractivity contribution in [3.05, 3.63) is 12.3 Å². The predicted octanol–water partition coefficient (Wildman–Crippen LogP) is 0.716. The third-order valence-corrected chi connectivity index (χ3v) is 3.22. The number of nitrogens with two attached hydrogens (primary N) is 1. The summed E-state index contributed by atoms with van der Waals surface area (Å²) >= 11 is 0. The Bertz CT molecular complexity index is 373. The molecule has 1 aromatic heterocycles. The van der Waals surface area contributed by atoms with Crippen LogP contribution in [0.15, 0.2) is 12.3 Å². The molecule has 1 aliphatic carbocycles. The fourth-order valence-electron chi connectivity index (χ4n) is 2.18. The van der Waals surface area contributed by atoms with Gasteiger partial charge in [-0.1, -0.05) is 0 Å². The van der Waals surface area contributed by atoms with Crippen LogP contribution in [0, 0.1) is 5.92 Å². The van der Waals surface area contributed by atoms with Gasteiger partial charge in [0.15, 0.2) is 0 Å². The first-order valence-electron chi connectivity index (χ1n) is 6.03. The highest BCUT2D eigenvalue weighted by atomic mass is 15.3. The van der Waals surface area contributed by atoms with Gasteiger partial charge in [0.25, 0.3) is 0 Å². The van der Waals surface area contributed by atoms with E-state index in [1.807, 2.05) is 25.1 Å². The molecule has 0 unspecified atom stereocenters. The van der Waals surface area contributed by atoms with E-state index < -0.39 is 0 Å². The van der Waals surface area contributed by atoms with Crippen molar-refractivity contribution in [2.75, 3.05) is 37.5 Å². The minimum Gasteiger partial charge on any atom is -0.359 e. The molecule has 0 amide bonds. The molecule has 1 saturated carbocycles. The topological polar surface area (TPSA) is 58.3 Å². The van der Waals surface area contributed by atoms with Crippen molar-refractivity contribution < 1.29 is 0 Å². The highest BCUT2D eigenvalue weighted by Gasteiger charge is 2.27. The molecule has 1 heterocycles. The van der Waals surface area contributed by atoms with E-state index in [1.165, 1.54) is 0 Å². The minimum atomic E-state index is 0.413. The van der Waals surface area contributed by atoms with Crippen LogP contribution in [0.25, 0.3) is 0 Å². The number of hydrogen-bond acceptors (Lipinski definition) is 5. The Kier molecular flexibility index (Phi) is 3.47. The largest absolute Gasteiger partial charge is 0.359 e. The maximum absolute atomic E-state index is 5.80. The third kappa shape index (κ3) is 2.85. The Balaban J connectivity index is 1.98. The summed E-state index contributed by atoms with van der Waals surface area (Å²) in [6, 6.07) is 2.36. The lowest BCUT2D eigenvalue weighted by molar-refractivity contribution is 0.270. The van der Waals surface area contributed by atoms with Crippen molar-refractivity contribution in [1.82, 2.24) is 9.97 Å². The van der Waals surface area contributed by atoms with Gasteiger partial charge in [-0.2, -0.15) is 4.98 Å². The summed E-state index contributed by atoms with van der Waals surface area (Å²) < 4.78 is 0. The quantitative estimate of drug-likeness (QED) is 0.833. The van der Waals surface area contributed by atoms with E-state index in [-0.39, 0.29) is 0 Å². The van der Waals surface area contributed by atoms with Gasteiger partial charge in [-0.15, -0.1) is 0 Å². The number of anilines is 2. The second-order valence-electron chi connectivity index (χ2n) is 5.09. The van der Waals surface area contributed by atoms with E-state index in [9.17, 15) is 0 Å². The molecule has 5 nitrogen and oxygen atoms in total. The molecule has 0 aromatic carbocycles. The molecular weight excluding hydrogens is 214 g/mol. The molecule has 1 aliphatic rings. The summed E-state index contributed by atoms with van der Waals surface area (Å²) in [5, 5.41) is 0. The van der Waals surface area contributed by atoms with E-state index in [1.54, 1.807) is 6.20 Å². The lowest BCUT2D eigenvalue weighted by atomic mass is 9.81. The van der Waals surface area contributed by atoms with Crippen molar-refractivity contribution in [2.24, 2.45) is 11.7 Å². The lowest BCUT2D eigenvalue weighted by Crippen LogP contribution is -2.42. The summed E-state index contributed by atoms with van der Waals surface area (Å²) in [5.41, 5.74) is 5.80. The standard InChI is InChI=1S/C12H21N5/c1-16(2)12-14-5-4-11(15-12)17(3)8-9-6-10(13)7-9/h4-5,9-10H,6-8,13H2,1-3H3. The van der Waals surface area contributed by atoms with Crippen molar-refractivity contribution >= 4 is 11.8 Å². The molecule has 0 radical (unpaired) electrons. The van der Waals surface area contributed by atoms with Gasteiger partial charge in [-0.25, -0.2) is 4.98 Å². The molecule has 2 rings (SSSR count). The highest BCUT2D eigenvalue weighted by molar-refractivity contribution is 5.42. The van der Waals surface area contributed by atoms with Crippen molar-refractivity contribution in [3.8, 4) is 0 Å². The molecule has 0 saturated heterocycles. The summed E-state index contributed by atoms with van der Waals surface area (Å²) in [4.78, 5) is 12.8. The second-order valence-corrected chi connectivity index (χ2v) is 5.09. The van der Waals surface area contributed by atoms with Crippen molar-refractivity contribution in [3.63, 3.8) is 0 Å². The average molecular weight is 235 g/mol. The monoisotopic (exact) mass is 235 g/mol. The molecule has 0 atom stereocenters. The van der Waals surface area contributed by atoms with Gasteiger partial charge < -0.3 is 15.5 Å². The fraction of sp³-hybridized carbons (Fsp3) is 0.667. The van der Waals surface area contributed by atoms with Gasteiger partial charge in [-0.3, -0.25) is 0 Å². The molecule has 0 aliphatic heterocycles. The van der Waals surface area contributed by atoms with Gasteiger partial charge in [0.1, 0.15) is 5.82 Å². The van der Waals surface area contributed by atoms with Crippen LogP contribution in [0.2, 0.25) is 0 Å². The predicted molar refractivity (Wildman–Crippen MR) is 70.3 cm³/mol. The zero-order valence-electron chi connectivity index (χ0n) is 10.8. The maximum Gasteiger partial charge on any atom is 0.226 e. The number of rotatable bonds is 4. The molecule has 1 fully saturated rings. The van der Waals surface area contributed by atoms with Crippen LogP contribution in [0.1, 0.15) is 12.8 Å². The smallest absolute Gasteiger partial charge is 0.226 e. The third-order valence-electron chi connectivity index (χ3n) is 3.22. The van der Waals surface area contributed by atoms with Gasteiger partial charge in [0, 0.05) is 39.9 Å². The molecule has 2 N–H and O–H groups in total. The Morgan fingerprint density at radius 1 is 1.35 bits per heavy atom. The van der Waals surface area contributed by atoms with Gasteiger partial charge >= 0.3 is 0 Å². The number of nitrogens with zero attached hydrogens (tertiary/aromatic N) is 4. The number of aromatic nitrogens is 2. The Morgan fingerprint density at radius 3 is 2.65 bits per heavy atom. The first-order valence-corrected chi connectivity index (χ1v) is 6.03. The average Bonchev–Trinajstić information content (AvgIpc) is 2.27. The van der Waals surface area contributed by atoms with E-state index in [4.69, 9.17) is 5.73 Å². The Morgan fingerprint density at radius 2 is 2.06 bits per heavy atom. The SMILES string of the molecule is CN(C)c1nccc(N(C)CC2CC(N)C2)n1. The number of hydrogen-bond donors (Lipinski definition) is 1. The summed E-state index contributed by atoms with van der Waals surface area (Å²) in [6.07, 6.45) is 4.08. The molecule has 0 bridgehead atoms. The summed E-state index contributed by atoms with van der Waals surface area (Å²) in [7, 11) is 5.97. The maximum atomic E-state index is 5.80. The van der Waals surface area contributed by atoms with Crippen molar-refractivity contribution in [2.45, 2.75) is 18.9 Å². The van der Waals surface area contributed by atoms with Gasteiger partial charge in [-0.05, 0) is 24.8 Å². The molecular formula is C12H21N5.